The first-order valence-corrected chi connectivity index (χ1v) is 9.26. The number of nitro groups is 2. The standard InChI is InChI=1S/C18H27N3O6/c1-4-7-8-11-27-18(22)14-12-15(20(23)24)17(16(13-14)21(25)26)19(9-5-2)10-6-3/h12-13H,4-11H2,1-3H3. The van der Waals surface area contributed by atoms with E-state index in [2.05, 4.69) is 0 Å². The maximum absolute atomic E-state index is 12.2. The number of nitrogens with zero attached hydrogens (tertiary/aromatic N) is 3. The number of carbonyl (C=O) groups excluding carboxylic acids is 1. The van der Waals surface area contributed by atoms with Crippen LogP contribution in [0.4, 0.5) is 17.1 Å². The average molecular weight is 381 g/mol. The molecule has 0 heterocycles. The van der Waals surface area contributed by atoms with E-state index >= 15 is 0 Å². The van der Waals surface area contributed by atoms with Gasteiger partial charge in [-0.15, -0.1) is 0 Å². The Morgan fingerprint density at radius 2 is 1.48 bits per heavy atom. The van der Waals surface area contributed by atoms with Crippen LogP contribution in [0.5, 0.6) is 0 Å². The molecule has 9 heteroatoms. The third kappa shape index (κ3) is 6.19. The lowest BCUT2D eigenvalue weighted by Gasteiger charge is -2.23. The summed E-state index contributed by atoms with van der Waals surface area (Å²) in [5, 5.41) is 23.2. The minimum Gasteiger partial charge on any atom is -0.462 e. The van der Waals surface area contributed by atoms with E-state index in [9.17, 15) is 25.0 Å². The van der Waals surface area contributed by atoms with Crippen LogP contribution in [0.2, 0.25) is 0 Å². The average Bonchev–Trinajstić information content (AvgIpc) is 2.63. The summed E-state index contributed by atoms with van der Waals surface area (Å²) in [5.41, 5.74) is -1.14. The van der Waals surface area contributed by atoms with Crippen LogP contribution >= 0.6 is 0 Å². The van der Waals surface area contributed by atoms with Gasteiger partial charge in [0.2, 0.25) is 0 Å². The fraction of sp³-hybridized carbons (Fsp3) is 0.611. The van der Waals surface area contributed by atoms with Crippen LogP contribution in [-0.4, -0.2) is 35.5 Å². The molecule has 0 fully saturated rings. The van der Waals surface area contributed by atoms with Crippen LogP contribution in [0.3, 0.4) is 0 Å². The van der Waals surface area contributed by atoms with Crippen molar-refractivity contribution in [1.82, 2.24) is 0 Å². The first kappa shape index (κ1) is 22.3. The summed E-state index contributed by atoms with van der Waals surface area (Å²) in [6.07, 6.45) is 3.86. The molecular weight excluding hydrogens is 354 g/mol. The normalized spacial score (nSPS) is 10.5. The number of ether oxygens (including phenoxy) is 1. The first-order chi connectivity index (χ1) is 12.9. The van der Waals surface area contributed by atoms with Crippen LogP contribution in [0.1, 0.15) is 63.2 Å². The molecule has 0 radical (unpaired) electrons. The van der Waals surface area contributed by atoms with Crippen LogP contribution in [0.15, 0.2) is 12.1 Å². The molecule has 27 heavy (non-hydrogen) atoms. The number of benzene rings is 1. The van der Waals surface area contributed by atoms with Crippen molar-refractivity contribution in [1.29, 1.82) is 0 Å². The fourth-order valence-corrected chi connectivity index (χ4v) is 2.80. The first-order valence-electron chi connectivity index (χ1n) is 9.26. The molecule has 9 nitrogen and oxygen atoms in total. The van der Waals surface area contributed by atoms with E-state index in [1.165, 1.54) is 0 Å². The van der Waals surface area contributed by atoms with Crippen molar-refractivity contribution in [2.24, 2.45) is 0 Å². The van der Waals surface area contributed by atoms with E-state index in [1.807, 2.05) is 20.8 Å². The summed E-state index contributed by atoms with van der Waals surface area (Å²) in [6.45, 7) is 6.84. The number of rotatable bonds is 12. The van der Waals surface area contributed by atoms with E-state index in [4.69, 9.17) is 4.74 Å². The van der Waals surface area contributed by atoms with Gasteiger partial charge in [-0.1, -0.05) is 33.6 Å². The Labute approximate surface area is 158 Å². The van der Waals surface area contributed by atoms with Gasteiger partial charge in [0.1, 0.15) is 0 Å². The summed E-state index contributed by atoms with van der Waals surface area (Å²) < 4.78 is 5.10. The van der Waals surface area contributed by atoms with Crippen LogP contribution in [-0.2, 0) is 4.74 Å². The van der Waals surface area contributed by atoms with Crippen molar-refractivity contribution in [2.75, 3.05) is 24.6 Å². The Morgan fingerprint density at radius 3 is 1.89 bits per heavy atom. The highest BCUT2D eigenvalue weighted by atomic mass is 16.6. The zero-order chi connectivity index (χ0) is 20.4. The Bertz CT molecular complexity index is 636. The lowest BCUT2D eigenvalue weighted by molar-refractivity contribution is -0.392. The van der Waals surface area contributed by atoms with Crippen molar-refractivity contribution < 1.29 is 19.4 Å². The van der Waals surface area contributed by atoms with E-state index < -0.39 is 27.2 Å². The van der Waals surface area contributed by atoms with E-state index in [0.29, 0.717) is 32.4 Å². The number of hydrogen-bond acceptors (Lipinski definition) is 7. The molecule has 1 aromatic carbocycles. The summed E-state index contributed by atoms with van der Waals surface area (Å²) >= 11 is 0. The topological polar surface area (TPSA) is 116 Å². The molecule has 0 saturated heterocycles. The molecule has 1 rings (SSSR count). The van der Waals surface area contributed by atoms with Gasteiger partial charge in [-0.05, 0) is 19.3 Å². The molecule has 150 valence electrons. The number of unbranched alkanes of at least 4 members (excludes halogenated alkanes) is 2. The lowest BCUT2D eigenvalue weighted by atomic mass is 10.1. The molecule has 0 N–H and O–H groups in total. The number of hydrogen-bond donors (Lipinski definition) is 0. The molecule has 0 aliphatic rings. The van der Waals surface area contributed by atoms with E-state index in [0.717, 1.165) is 25.0 Å². The van der Waals surface area contributed by atoms with E-state index in [-0.39, 0.29) is 17.9 Å². The summed E-state index contributed by atoms with van der Waals surface area (Å²) in [4.78, 5) is 35.6. The maximum atomic E-state index is 12.2. The van der Waals surface area contributed by atoms with Crippen LogP contribution in [0, 0.1) is 20.2 Å². The predicted molar refractivity (Wildman–Crippen MR) is 102 cm³/mol. The maximum Gasteiger partial charge on any atom is 0.338 e. The molecule has 0 aliphatic carbocycles. The van der Waals surface area contributed by atoms with Gasteiger partial charge in [-0.25, -0.2) is 4.79 Å². The molecule has 1 aromatic rings. The Kier molecular flexibility index (Phi) is 9.18. The van der Waals surface area contributed by atoms with Gasteiger partial charge >= 0.3 is 17.3 Å². The highest BCUT2D eigenvalue weighted by Gasteiger charge is 2.32. The summed E-state index contributed by atoms with van der Waals surface area (Å²) in [5.74, 6) is -0.790. The third-order valence-electron chi connectivity index (χ3n) is 3.98. The van der Waals surface area contributed by atoms with E-state index in [1.54, 1.807) is 4.90 Å². The molecule has 0 saturated carbocycles. The number of anilines is 1. The minimum atomic E-state index is -0.790. The van der Waals surface area contributed by atoms with Gasteiger partial charge < -0.3 is 9.64 Å². The molecule has 0 bridgehead atoms. The quantitative estimate of drug-likeness (QED) is 0.227. The second-order valence-corrected chi connectivity index (χ2v) is 6.21. The van der Waals surface area contributed by atoms with Crippen LogP contribution < -0.4 is 4.90 Å². The number of carbonyl (C=O) groups is 1. The minimum absolute atomic E-state index is 0.0590. The Balaban J connectivity index is 3.37. The smallest absolute Gasteiger partial charge is 0.338 e. The molecule has 0 amide bonds. The number of nitro benzene ring substituents is 2. The highest BCUT2D eigenvalue weighted by molar-refractivity contribution is 5.94. The second kappa shape index (κ2) is 11.1. The zero-order valence-corrected chi connectivity index (χ0v) is 16.1. The molecule has 0 aliphatic heterocycles. The lowest BCUT2D eigenvalue weighted by Crippen LogP contribution is -2.27. The Hall–Kier alpha value is -2.71. The third-order valence-corrected chi connectivity index (χ3v) is 3.98. The van der Waals surface area contributed by atoms with Crippen molar-refractivity contribution >= 4 is 23.0 Å². The molecule has 0 atom stereocenters. The summed E-state index contributed by atoms with van der Waals surface area (Å²) in [7, 11) is 0. The van der Waals surface area contributed by atoms with Gasteiger partial charge in [-0.3, -0.25) is 20.2 Å². The predicted octanol–water partition coefficient (Wildman–Crippen LogP) is 4.48. The Morgan fingerprint density at radius 1 is 0.963 bits per heavy atom. The van der Waals surface area contributed by atoms with Crippen molar-refractivity contribution in [3.05, 3.63) is 37.9 Å². The molecular formula is C18H27N3O6. The molecule has 0 unspecified atom stereocenters. The van der Waals surface area contributed by atoms with Gasteiger partial charge in [0.15, 0.2) is 5.69 Å². The van der Waals surface area contributed by atoms with Crippen LogP contribution in [0.25, 0.3) is 0 Å². The summed E-state index contributed by atoms with van der Waals surface area (Å²) in [6, 6.07) is 2.14. The molecule has 0 aromatic heterocycles. The SMILES string of the molecule is CCCCCOC(=O)c1cc([N+](=O)[O-])c(N(CCC)CCC)c([N+](=O)[O-])c1. The van der Waals surface area contributed by atoms with Gasteiger partial charge in [0.25, 0.3) is 0 Å². The van der Waals surface area contributed by atoms with Crippen molar-refractivity contribution in [3.63, 3.8) is 0 Å². The van der Waals surface area contributed by atoms with Gasteiger partial charge in [-0.2, -0.15) is 0 Å². The zero-order valence-electron chi connectivity index (χ0n) is 16.1. The van der Waals surface area contributed by atoms with Crippen molar-refractivity contribution in [2.45, 2.75) is 52.9 Å². The monoisotopic (exact) mass is 381 g/mol. The second-order valence-electron chi connectivity index (χ2n) is 6.21. The largest absolute Gasteiger partial charge is 0.462 e. The van der Waals surface area contributed by atoms with Gasteiger partial charge in [0, 0.05) is 25.2 Å². The van der Waals surface area contributed by atoms with Crippen molar-refractivity contribution in [3.8, 4) is 0 Å². The number of esters is 1. The fourth-order valence-electron chi connectivity index (χ4n) is 2.80. The highest BCUT2D eigenvalue weighted by Crippen LogP contribution is 2.39. The molecule has 0 spiro atoms. The van der Waals surface area contributed by atoms with Gasteiger partial charge in [0.05, 0.1) is 22.0 Å².